The smallest absolute Gasteiger partial charge is 0.267 e. The van der Waals surface area contributed by atoms with Crippen molar-refractivity contribution in [3.63, 3.8) is 0 Å². The highest BCUT2D eigenvalue weighted by atomic mass is 35.5. The summed E-state index contributed by atoms with van der Waals surface area (Å²) in [5.74, 6) is -1.03. The number of anilines is 1. The van der Waals surface area contributed by atoms with E-state index in [1.165, 1.54) is 13.1 Å². The van der Waals surface area contributed by atoms with Gasteiger partial charge in [0, 0.05) is 22.3 Å². The maximum atomic E-state index is 13.3. The summed E-state index contributed by atoms with van der Waals surface area (Å²) in [6.45, 7) is 1.45. The Labute approximate surface area is 175 Å². The molecule has 2 aromatic carbocycles. The minimum Gasteiger partial charge on any atom is -0.295 e. The van der Waals surface area contributed by atoms with Gasteiger partial charge >= 0.3 is 0 Å². The number of aromatic nitrogens is 3. The van der Waals surface area contributed by atoms with Crippen molar-refractivity contribution in [2.75, 3.05) is 4.90 Å². The van der Waals surface area contributed by atoms with Gasteiger partial charge < -0.3 is 0 Å². The summed E-state index contributed by atoms with van der Waals surface area (Å²) in [5.41, 5.74) is 3.03. The Bertz CT molecular complexity index is 1360. The third-order valence-corrected chi connectivity index (χ3v) is 5.35. The van der Waals surface area contributed by atoms with Gasteiger partial charge in [0.2, 0.25) is 0 Å². The zero-order valence-electron chi connectivity index (χ0n) is 15.6. The fourth-order valence-corrected chi connectivity index (χ4v) is 3.73. The molecule has 8 heteroatoms. The first-order chi connectivity index (χ1) is 14.5. The largest absolute Gasteiger partial charge is 0.295 e. The second-order valence-electron chi connectivity index (χ2n) is 6.90. The molecule has 0 saturated carbocycles. The van der Waals surface area contributed by atoms with Crippen LogP contribution < -0.4 is 4.90 Å². The Morgan fingerprint density at radius 3 is 2.37 bits per heavy atom. The van der Waals surface area contributed by atoms with Gasteiger partial charge in [-0.1, -0.05) is 23.7 Å². The Kier molecular flexibility index (Phi) is 4.01. The van der Waals surface area contributed by atoms with Crippen LogP contribution in [0.25, 0.3) is 22.3 Å². The van der Waals surface area contributed by atoms with Crippen LogP contribution in [0.4, 0.5) is 5.69 Å². The number of benzene rings is 2. The molecule has 2 aromatic heterocycles. The second kappa shape index (κ2) is 6.60. The third-order valence-electron chi connectivity index (χ3n) is 5.10. The van der Waals surface area contributed by atoms with Crippen LogP contribution in [0.3, 0.4) is 0 Å². The maximum absolute atomic E-state index is 13.3. The Hall–Kier alpha value is -3.84. The lowest BCUT2D eigenvalue weighted by atomic mass is 10.0. The van der Waals surface area contributed by atoms with Crippen molar-refractivity contribution in [1.82, 2.24) is 15.2 Å². The summed E-state index contributed by atoms with van der Waals surface area (Å²) < 4.78 is 0. The van der Waals surface area contributed by atoms with E-state index in [1.54, 1.807) is 48.5 Å². The summed E-state index contributed by atoms with van der Waals surface area (Å²) in [5, 5.41) is 8.17. The zero-order valence-corrected chi connectivity index (χ0v) is 16.4. The number of fused-ring (bicyclic) bond motifs is 3. The molecular formula is C22H13ClN4O3. The molecule has 0 aliphatic carbocycles. The molecule has 0 saturated heterocycles. The number of Topliss-reactive ketones (excluding diaryl/α,β-unsaturated/α-hetero) is 1. The van der Waals surface area contributed by atoms with Gasteiger partial charge in [0.1, 0.15) is 0 Å². The molecule has 7 nitrogen and oxygen atoms in total. The van der Waals surface area contributed by atoms with E-state index in [2.05, 4.69) is 15.2 Å². The molecule has 0 radical (unpaired) electrons. The molecule has 0 atom stereocenters. The van der Waals surface area contributed by atoms with Crippen LogP contribution in [0.2, 0.25) is 5.02 Å². The van der Waals surface area contributed by atoms with E-state index in [-0.39, 0.29) is 16.9 Å². The van der Waals surface area contributed by atoms with Crippen LogP contribution in [-0.2, 0) is 0 Å². The highest BCUT2D eigenvalue weighted by Crippen LogP contribution is 2.36. The monoisotopic (exact) mass is 416 g/mol. The number of pyridine rings is 1. The lowest BCUT2D eigenvalue weighted by Crippen LogP contribution is -2.29. The number of carbonyl (C=O) groups is 3. The molecule has 5 rings (SSSR count). The standard InChI is InChI=1S/C22H13ClN4O3/c1-11(28)12-4-8-15(9-5-12)27-21(29)16-10-24-20-18(17(16)22(27)30)19(25-26-20)13-2-6-14(23)7-3-13/h2-10H,1H3,(H,24,25,26). The Morgan fingerprint density at radius 2 is 1.70 bits per heavy atom. The van der Waals surface area contributed by atoms with Crippen LogP contribution in [0.15, 0.2) is 54.7 Å². The van der Waals surface area contributed by atoms with Crippen molar-refractivity contribution < 1.29 is 14.4 Å². The summed E-state index contributed by atoms with van der Waals surface area (Å²) >= 11 is 5.98. The van der Waals surface area contributed by atoms with E-state index in [4.69, 9.17) is 11.6 Å². The van der Waals surface area contributed by atoms with Crippen molar-refractivity contribution >= 4 is 45.9 Å². The van der Waals surface area contributed by atoms with Crippen molar-refractivity contribution in [2.24, 2.45) is 0 Å². The average molecular weight is 417 g/mol. The number of H-pyrrole nitrogens is 1. The van der Waals surface area contributed by atoms with Gasteiger partial charge in [-0.2, -0.15) is 5.10 Å². The van der Waals surface area contributed by atoms with E-state index in [0.29, 0.717) is 33.0 Å². The van der Waals surface area contributed by atoms with Crippen LogP contribution >= 0.6 is 11.6 Å². The molecule has 0 bridgehead atoms. The minimum absolute atomic E-state index is 0.0965. The van der Waals surface area contributed by atoms with E-state index in [0.717, 1.165) is 10.5 Å². The van der Waals surface area contributed by atoms with Crippen molar-refractivity contribution in [3.8, 4) is 11.3 Å². The van der Waals surface area contributed by atoms with E-state index < -0.39 is 11.8 Å². The number of amides is 2. The molecule has 4 aromatic rings. The maximum Gasteiger partial charge on any atom is 0.267 e. The number of aromatic amines is 1. The number of rotatable bonds is 3. The summed E-state index contributed by atoms with van der Waals surface area (Å²) in [6.07, 6.45) is 1.37. The molecule has 146 valence electrons. The van der Waals surface area contributed by atoms with Crippen molar-refractivity contribution in [2.45, 2.75) is 6.92 Å². The fraction of sp³-hybridized carbons (Fsp3) is 0.0455. The first-order valence-corrected chi connectivity index (χ1v) is 9.46. The molecule has 1 aliphatic heterocycles. The van der Waals surface area contributed by atoms with Crippen molar-refractivity contribution in [1.29, 1.82) is 0 Å². The van der Waals surface area contributed by atoms with E-state index >= 15 is 0 Å². The minimum atomic E-state index is -0.469. The van der Waals surface area contributed by atoms with Crippen LogP contribution in [0.1, 0.15) is 38.0 Å². The average Bonchev–Trinajstić information content (AvgIpc) is 3.28. The number of nitrogens with zero attached hydrogens (tertiary/aromatic N) is 3. The predicted octanol–water partition coefficient (Wildman–Crippen LogP) is 4.28. The van der Waals surface area contributed by atoms with Gasteiger partial charge in [0.25, 0.3) is 11.8 Å². The molecule has 1 N–H and O–H groups in total. The van der Waals surface area contributed by atoms with E-state index in [9.17, 15) is 14.4 Å². The number of hydrogen-bond acceptors (Lipinski definition) is 5. The highest BCUT2D eigenvalue weighted by molar-refractivity contribution is 6.38. The lowest BCUT2D eigenvalue weighted by Gasteiger charge is -2.14. The topological polar surface area (TPSA) is 96.0 Å². The van der Waals surface area contributed by atoms with Crippen LogP contribution in [-0.4, -0.2) is 32.8 Å². The van der Waals surface area contributed by atoms with Crippen LogP contribution in [0, 0.1) is 0 Å². The molecule has 3 heterocycles. The molecular weight excluding hydrogens is 404 g/mol. The van der Waals surface area contributed by atoms with Gasteiger partial charge in [-0.3, -0.25) is 19.5 Å². The van der Waals surface area contributed by atoms with Crippen molar-refractivity contribution in [3.05, 3.63) is 76.4 Å². The lowest BCUT2D eigenvalue weighted by molar-refractivity contribution is 0.0925. The fourth-order valence-electron chi connectivity index (χ4n) is 3.60. The molecule has 0 spiro atoms. The molecule has 2 amide bonds. The van der Waals surface area contributed by atoms with Gasteiger partial charge in [-0.25, -0.2) is 9.88 Å². The normalized spacial score (nSPS) is 13.2. The summed E-state index contributed by atoms with van der Waals surface area (Å²) in [6, 6.07) is 13.4. The van der Waals surface area contributed by atoms with Gasteiger partial charge in [0.05, 0.1) is 27.9 Å². The molecule has 0 unspecified atom stereocenters. The first-order valence-electron chi connectivity index (χ1n) is 9.08. The summed E-state index contributed by atoms with van der Waals surface area (Å²) in [7, 11) is 0. The van der Waals surface area contributed by atoms with Gasteiger partial charge in [-0.05, 0) is 43.3 Å². The predicted molar refractivity (Wildman–Crippen MR) is 112 cm³/mol. The van der Waals surface area contributed by atoms with E-state index in [1.807, 2.05) is 0 Å². The number of halogens is 1. The molecule has 1 aliphatic rings. The van der Waals surface area contributed by atoms with Gasteiger partial charge in [0.15, 0.2) is 11.4 Å². The molecule has 0 fully saturated rings. The number of carbonyl (C=O) groups excluding carboxylic acids is 3. The highest BCUT2D eigenvalue weighted by Gasteiger charge is 2.40. The SMILES string of the molecule is CC(=O)c1ccc(N2C(=O)c3cnc4n[nH]c(-c5ccc(Cl)cc5)c4c3C2=O)cc1. The van der Waals surface area contributed by atoms with Crippen LogP contribution in [0.5, 0.6) is 0 Å². The number of nitrogens with one attached hydrogen (secondary N) is 1. The number of imide groups is 1. The Balaban J connectivity index is 1.66. The molecule has 30 heavy (non-hydrogen) atoms. The quantitative estimate of drug-likeness (QED) is 0.397. The second-order valence-corrected chi connectivity index (χ2v) is 7.34. The van der Waals surface area contributed by atoms with Gasteiger partial charge in [-0.15, -0.1) is 0 Å². The number of ketones is 1. The zero-order chi connectivity index (χ0) is 21.0. The number of hydrogen-bond donors (Lipinski definition) is 1. The first kappa shape index (κ1) is 18.2. The summed E-state index contributed by atoms with van der Waals surface area (Å²) in [4.78, 5) is 43.2. The third kappa shape index (κ3) is 2.63. The Morgan fingerprint density at radius 1 is 1.00 bits per heavy atom.